The molecule has 1 aromatic heterocycles. The molecule has 2 saturated heterocycles. The standard InChI is InChI=1S/C18H21Cl2N7O2/c19-14-3-1-2-13(15(14)20)12-21-25-16-22-17(26-4-8-28-9-5-26)24-18(23-16)27-6-10-29-11-7-27/h1-3,12H,4-11H2,(H,22,23,24,25). The minimum absolute atomic E-state index is 0.359. The van der Waals surface area contributed by atoms with Gasteiger partial charge >= 0.3 is 0 Å². The van der Waals surface area contributed by atoms with E-state index < -0.39 is 0 Å². The molecule has 2 aliphatic rings. The minimum Gasteiger partial charge on any atom is -0.378 e. The minimum atomic E-state index is 0.359. The molecule has 0 unspecified atom stereocenters. The molecule has 2 aromatic rings. The first-order valence-electron chi connectivity index (χ1n) is 9.35. The van der Waals surface area contributed by atoms with E-state index in [0.717, 1.165) is 26.2 Å². The van der Waals surface area contributed by atoms with E-state index >= 15 is 0 Å². The highest BCUT2D eigenvalue weighted by molar-refractivity contribution is 6.43. The van der Waals surface area contributed by atoms with Crippen LogP contribution in [0.4, 0.5) is 17.8 Å². The van der Waals surface area contributed by atoms with Gasteiger partial charge in [0.2, 0.25) is 17.8 Å². The number of aromatic nitrogens is 3. The van der Waals surface area contributed by atoms with Crippen LogP contribution in [-0.4, -0.2) is 73.8 Å². The molecule has 1 aromatic carbocycles. The van der Waals surface area contributed by atoms with E-state index in [-0.39, 0.29) is 0 Å². The molecule has 2 fully saturated rings. The SMILES string of the molecule is Clc1cccc(C=NNc2nc(N3CCOCC3)nc(N3CCOCC3)n2)c1Cl. The number of benzene rings is 1. The summed E-state index contributed by atoms with van der Waals surface area (Å²) in [5, 5.41) is 5.14. The molecule has 4 rings (SSSR count). The highest BCUT2D eigenvalue weighted by atomic mass is 35.5. The van der Waals surface area contributed by atoms with Gasteiger partial charge < -0.3 is 19.3 Å². The van der Waals surface area contributed by atoms with Crippen molar-refractivity contribution in [2.75, 3.05) is 67.8 Å². The van der Waals surface area contributed by atoms with Crippen LogP contribution in [0.1, 0.15) is 5.56 Å². The Balaban J connectivity index is 1.57. The monoisotopic (exact) mass is 437 g/mol. The number of nitrogens with one attached hydrogen (secondary N) is 1. The molecule has 3 heterocycles. The van der Waals surface area contributed by atoms with Crippen LogP contribution in [0.5, 0.6) is 0 Å². The Hall–Kier alpha value is -2.20. The first kappa shape index (κ1) is 20.1. The van der Waals surface area contributed by atoms with Crippen molar-refractivity contribution in [1.29, 1.82) is 0 Å². The van der Waals surface area contributed by atoms with E-state index in [2.05, 4.69) is 35.3 Å². The molecule has 0 saturated carbocycles. The van der Waals surface area contributed by atoms with Gasteiger partial charge in [-0.1, -0.05) is 35.3 Å². The molecule has 154 valence electrons. The number of anilines is 3. The Morgan fingerprint density at radius 3 is 2.07 bits per heavy atom. The molecule has 2 aliphatic heterocycles. The summed E-state index contributed by atoms with van der Waals surface area (Å²) in [5.41, 5.74) is 3.59. The molecule has 29 heavy (non-hydrogen) atoms. The summed E-state index contributed by atoms with van der Waals surface area (Å²) in [5.74, 6) is 1.56. The van der Waals surface area contributed by atoms with E-state index in [0.29, 0.717) is 59.9 Å². The zero-order valence-electron chi connectivity index (χ0n) is 15.7. The van der Waals surface area contributed by atoms with Gasteiger partial charge in [-0.25, -0.2) is 5.43 Å². The molecule has 0 radical (unpaired) electrons. The summed E-state index contributed by atoms with van der Waals surface area (Å²) >= 11 is 12.2. The van der Waals surface area contributed by atoms with E-state index in [1.54, 1.807) is 12.3 Å². The summed E-state index contributed by atoms with van der Waals surface area (Å²) in [7, 11) is 0. The predicted molar refractivity (Wildman–Crippen MR) is 114 cm³/mol. The second-order valence-corrected chi connectivity index (χ2v) is 7.26. The third-order valence-electron chi connectivity index (χ3n) is 4.55. The van der Waals surface area contributed by atoms with Crippen molar-refractivity contribution in [3.8, 4) is 0 Å². The van der Waals surface area contributed by atoms with E-state index in [1.807, 2.05) is 12.1 Å². The molecule has 9 nitrogen and oxygen atoms in total. The van der Waals surface area contributed by atoms with E-state index in [4.69, 9.17) is 32.7 Å². The first-order valence-corrected chi connectivity index (χ1v) is 10.1. The van der Waals surface area contributed by atoms with Gasteiger partial charge in [0.25, 0.3) is 0 Å². The Labute approximate surface area is 178 Å². The van der Waals surface area contributed by atoms with Gasteiger partial charge in [0.15, 0.2) is 0 Å². The largest absolute Gasteiger partial charge is 0.378 e. The predicted octanol–water partition coefficient (Wildman–Crippen LogP) is 2.30. The van der Waals surface area contributed by atoms with Crippen molar-refractivity contribution in [2.45, 2.75) is 0 Å². The molecule has 0 atom stereocenters. The molecular weight excluding hydrogens is 417 g/mol. The average molecular weight is 438 g/mol. The number of rotatable bonds is 5. The summed E-state index contributed by atoms with van der Waals surface area (Å²) in [6.45, 7) is 5.50. The van der Waals surface area contributed by atoms with Crippen LogP contribution in [-0.2, 0) is 9.47 Å². The van der Waals surface area contributed by atoms with Crippen LogP contribution in [0.25, 0.3) is 0 Å². The fraction of sp³-hybridized carbons (Fsp3) is 0.444. The normalized spacial score (nSPS) is 17.7. The zero-order chi connectivity index (χ0) is 20.1. The van der Waals surface area contributed by atoms with E-state index in [9.17, 15) is 0 Å². The zero-order valence-corrected chi connectivity index (χ0v) is 17.2. The van der Waals surface area contributed by atoms with Crippen molar-refractivity contribution in [3.63, 3.8) is 0 Å². The number of hydrazone groups is 1. The summed E-state index contributed by atoms with van der Waals surface area (Å²) in [6, 6.07) is 5.36. The fourth-order valence-corrected chi connectivity index (χ4v) is 3.35. The highest BCUT2D eigenvalue weighted by Crippen LogP contribution is 2.24. The topological polar surface area (TPSA) is 88.0 Å². The summed E-state index contributed by atoms with van der Waals surface area (Å²) in [6.07, 6.45) is 1.58. The number of hydrogen-bond donors (Lipinski definition) is 1. The molecule has 0 bridgehead atoms. The van der Waals surface area contributed by atoms with Gasteiger partial charge in [-0.3, -0.25) is 0 Å². The lowest BCUT2D eigenvalue weighted by Crippen LogP contribution is -2.40. The average Bonchev–Trinajstić information content (AvgIpc) is 2.78. The maximum absolute atomic E-state index is 6.20. The molecule has 0 spiro atoms. The second kappa shape index (κ2) is 9.53. The van der Waals surface area contributed by atoms with Crippen LogP contribution in [0.15, 0.2) is 23.3 Å². The number of hydrogen-bond acceptors (Lipinski definition) is 9. The lowest BCUT2D eigenvalue weighted by Gasteiger charge is -2.30. The third kappa shape index (κ3) is 5.05. The van der Waals surface area contributed by atoms with Gasteiger partial charge in [-0.05, 0) is 6.07 Å². The van der Waals surface area contributed by atoms with Gasteiger partial charge in [0.1, 0.15) is 0 Å². The van der Waals surface area contributed by atoms with Crippen molar-refractivity contribution < 1.29 is 9.47 Å². The Kier molecular flexibility index (Phi) is 6.60. The Morgan fingerprint density at radius 1 is 0.897 bits per heavy atom. The van der Waals surface area contributed by atoms with Gasteiger partial charge in [0, 0.05) is 31.7 Å². The van der Waals surface area contributed by atoms with Crippen molar-refractivity contribution >= 4 is 47.3 Å². The van der Waals surface area contributed by atoms with Crippen LogP contribution < -0.4 is 15.2 Å². The first-order chi connectivity index (χ1) is 14.2. The number of halogens is 2. The summed E-state index contributed by atoms with van der Waals surface area (Å²) in [4.78, 5) is 17.9. The summed E-state index contributed by atoms with van der Waals surface area (Å²) < 4.78 is 10.9. The molecule has 11 heteroatoms. The number of nitrogens with zero attached hydrogens (tertiary/aromatic N) is 6. The van der Waals surface area contributed by atoms with Gasteiger partial charge in [0.05, 0.1) is 42.7 Å². The third-order valence-corrected chi connectivity index (χ3v) is 5.38. The van der Waals surface area contributed by atoms with Crippen LogP contribution in [0.3, 0.4) is 0 Å². The van der Waals surface area contributed by atoms with Crippen molar-refractivity contribution in [3.05, 3.63) is 33.8 Å². The molecular formula is C18H21Cl2N7O2. The number of morpholine rings is 2. The van der Waals surface area contributed by atoms with Crippen LogP contribution >= 0.6 is 23.2 Å². The van der Waals surface area contributed by atoms with Crippen molar-refractivity contribution in [2.24, 2.45) is 5.10 Å². The maximum atomic E-state index is 6.20. The quantitative estimate of drug-likeness (QED) is 0.562. The van der Waals surface area contributed by atoms with Crippen molar-refractivity contribution in [1.82, 2.24) is 15.0 Å². The maximum Gasteiger partial charge on any atom is 0.250 e. The fourth-order valence-electron chi connectivity index (χ4n) is 2.99. The van der Waals surface area contributed by atoms with Crippen LogP contribution in [0, 0.1) is 0 Å². The lowest BCUT2D eigenvalue weighted by atomic mass is 10.2. The van der Waals surface area contributed by atoms with Gasteiger partial charge in [-0.2, -0.15) is 20.1 Å². The lowest BCUT2D eigenvalue weighted by molar-refractivity contribution is 0.121. The smallest absolute Gasteiger partial charge is 0.250 e. The molecule has 0 aliphatic carbocycles. The Bertz CT molecular complexity index is 835. The number of ether oxygens (including phenoxy) is 2. The van der Waals surface area contributed by atoms with Crippen LogP contribution in [0.2, 0.25) is 10.0 Å². The highest BCUT2D eigenvalue weighted by Gasteiger charge is 2.20. The molecule has 0 amide bonds. The Morgan fingerprint density at radius 2 is 1.48 bits per heavy atom. The van der Waals surface area contributed by atoms with E-state index in [1.165, 1.54) is 0 Å². The second-order valence-electron chi connectivity index (χ2n) is 6.47. The van der Waals surface area contributed by atoms with Gasteiger partial charge in [-0.15, -0.1) is 0 Å². The molecule has 1 N–H and O–H groups in total.